The van der Waals surface area contributed by atoms with E-state index in [1.165, 1.54) is 25.9 Å². The van der Waals surface area contributed by atoms with Gasteiger partial charge in [0.05, 0.1) is 6.61 Å². The van der Waals surface area contributed by atoms with Crippen LogP contribution < -0.4 is 5.32 Å². The summed E-state index contributed by atoms with van der Waals surface area (Å²) in [6.45, 7) is 7.73. The van der Waals surface area contributed by atoms with E-state index in [4.69, 9.17) is 4.74 Å². The Bertz CT molecular complexity index is 124. The third-order valence-electron chi connectivity index (χ3n) is 2.69. The number of ether oxygens (including phenoxy) is 1. The highest BCUT2D eigenvalue weighted by Gasteiger charge is 2.16. The molecule has 0 aromatic carbocycles. The standard InChI is InChI=1S/C10H22N2O/c1-10(9-11-5-8-13-2)12-6-3-4-7-12/h10-11H,3-9H2,1-2H3. The summed E-state index contributed by atoms with van der Waals surface area (Å²) in [5.41, 5.74) is 0. The van der Waals surface area contributed by atoms with Gasteiger partial charge in [-0.2, -0.15) is 0 Å². The van der Waals surface area contributed by atoms with Gasteiger partial charge in [0.1, 0.15) is 0 Å². The number of nitrogens with one attached hydrogen (secondary N) is 1. The van der Waals surface area contributed by atoms with E-state index in [0.717, 1.165) is 19.7 Å². The van der Waals surface area contributed by atoms with Crippen molar-refractivity contribution in [2.24, 2.45) is 0 Å². The molecule has 1 fully saturated rings. The molecule has 0 bridgehead atoms. The van der Waals surface area contributed by atoms with Crippen LogP contribution in [0, 0.1) is 0 Å². The zero-order chi connectivity index (χ0) is 9.52. The maximum absolute atomic E-state index is 4.97. The molecule has 1 saturated heterocycles. The van der Waals surface area contributed by atoms with E-state index < -0.39 is 0 Å². The summed E-state index contributed by atoms with van der Waals surface area (Å²) in [5, 5.41) is 3.40. The normalized spacial score (nSPS) is 20.8. The second-order valence-electron chi connectivity index (χ2n) is 3.79. The lowest BCUT2D eigenvalue weighted by molar-refractivity contribution is 0.192. The monoisotopic (exact) mass is 186 g/mol. The number of likely N-dealkylation sites (tertiary alicyclic amines) is 1. The zero-order valence-corrected chi connectivity index (χ0v) is 8.88. The minimum Gasteiger partial charge on any atom is -0.383 e. The lowest BCUT2D eigenvalue weighted by atomic mass is 10.3. The average molecular weight is 186 g/mol. The van der Waals surface area contributed by atoms with E-state index in [9.17, 15) is 0 Å². The maximum Gasteiger partial charge on any atom is 0.0587 e. The molecule has 13 heavy (non-hydrogen) atoms. The number of hydrogen-bond donors (Lipinski definition) is 1. The molecular weight excluding hydrogens is 164 g/mol. The van der Waals surface area contributed by atoms with Crippen molar-refractivity contribution in [1.82, 2.24) is 10.2 Å². The SMILES string of the molecule is COCCNCC(C)N1CCCC1. The lowest BCUT2D eigenvalue weighted by Gasteiger charge is -2.23. The largest absolute Gasteiger partial charge is 0.383 e. The zero-order valence-electron chi connectivity index (χ0n) is 8.88. The third-order valence-corrected chi connectivity index (χ3v) is 2.69. The van der Waals surface area contributed by atoms with Gasteiger partial charge in [0.15, 0.2) is 0 Å². The van der Waals surface area contributed by atoms with Gasteiger partial charge in [0, 0.05) is 26.2 Å². The first-order valence-corrected chi connectivity index (χ1v) is 5.28. The summed E-state index contributed by atoms with van der Waals surface area (Å²) in [4.78, 5) is 2.56. The molecule has 0 aromatic rings. The fraction of sp³-hybridized carbons (Fsp3) is 1.00. The highest BCUT2D eigenvalue weighted by Crippen LogP contribution is 2.10. The molecule has 0 radical (unpaired) electrons. The van der Waals surface area contributed by atoms with Gasteiger partial charge in [0.2, 0.25) is 0 Å². The minimum absolute atomic E-state index is 0.680. The van der Waals surface area contributed by atoms with Crippen molar-refractivity contribution in [2.75, 3.05) is 39.9 Å². The molecule has 1 rings (SSSR count). The highest BCUT2D eigenvalue weighted by molar-refractivity contribution is 4.74. The van der Waals surface area contributed by atoms with Crippen LogP contribution >= 0.6 is 0 Å². The molecule has 1 atom stereocenters. The van der Waals surface area contributed by atoms with Gasteiger partial charge in [-0.15, -0.1) is 0 Å². The maximum atomic E-state index is 4.97. The van der Waals surface area contributed by atoms with Gasteiger partial charge < -0.3 is 10.1 Å². The van der Waals surface area contributed by atoms with Crippen LogP contribution in [0.3, 0.4) is 0 Å². The predicted molar refractivity (Wildman–Crippen MR) is 55.0 cm³/mol. The Morgan fingerprint density at radius 2 is 2.08 bits per heavy atom. The van der Waals surface area contributed by atoms with Crippen molar-refractivity contribution in [3.8, 4) is 0 Å². The van der Waals surface area contributed by atoms with Crippen LogP contribution in [-0.4, -0.2) is 50.8 Å². The summed E-state index contributed by atoms with van der Waals surface area (Å²) < 4.78 is 4.97. The molecule has 1 aliphatic heterocycles. The minimum atomic E-state index is 0.680. The van der Waals surface area contributed by atoms with Gasteiger partial charge >= 0.3 is 0 Å². The molecule has 1 unspecified atom stereocenters. The molecule has 3 nitrogen and oxygen atoms in total. The number of rotatable bonds is 6. The van der Waals surface area contributed by atoms with Gasteiger partial charge in [0.25, 0.3) is 0 Å². The van der Waals surface area contributed by atoms with E-state index in [1.54, 1.807) is 7.11 Å². The molecular formula is C10H22N2O. The van der Waals surface area contributed by atoms with Gasteiger partial charge in [-0.25, -0.2) is 0 Å². The molecule has 78 valence electrons. The Kier molecular flexibility index (Phi) is 5.35. The fourth-order valence-electron chi connectivity index (χ4n) is 1.80. The van der Waals surface area contributed by atoms with Crippen LogP contribution in [0.2, 0.25) is 0 Å². The second kappa shape index (κ2) is 6.35. The van der Waals surface area contributed by atoms with Crippen LogP contribution in [0.1, 0.15) is 19.8 Å². The number of hydrogen-bond acceptors (Lipinski definition) is 3. The lowest BCUT2D eigenvalue weighted by Crippen LogP contribution is -2.39. The van der Waals surface area contributed by atoms with Crippen LogP contribution in [0.15, 0.2) is 0 Å². The van der Waals surface area contributed by atoms with Crippen molar-refractivity contribution in [2.45, 2.75) is 25.8 Å². The average Bonchev–Trinajstić information content (AvgIpc) is 2.65. The molecule has 3 heteroatoms. The molecule has 1 N–H and O–H groups in total. The molecule has 0 saturated carbocycles. The first-order chi connectivity index (χ1) is 6.34. The third kappa shape index (κ3) is 4.07. The Hall–Kier alpha value is -0.120. The molecule has 0 spiro atoms. The van der Waals surface area contributed by atoms with E-state index in [2.05, 4.69) is 17.1 Å². The molecule has 0 aromatic heterocycles. The van der Waals surface area contributed by atoms with Crippen molar-refractivity contribution >= 4 is 0 Å². The van der Waals surface area contributed by atoms with Crippen molar-refractivity contribution in [1.29, 1.82) is 0 Å². The Morgan fingerprint density at radius 1 is 1.38 bits per heavy atom. The van der Waals surface area contributed by atoms with E-state index >= 15 is 0 Å². The molecule has 0 amide bonds. The van der Waals surface area contributed by atoms with Gasteiger partial charge in [-0.1, -0.05) is 0 Å². The smallest absolute Gasteiger partial charge is 0.0587 e. The topological polar surface area (TPSA) is 24.5 Å². The van der Waals surface area contributed by atoms with Crippen LogP contribution in [0.4, 0.5) is 0 Å². The quantitative estimate of drug-likeness (QED) is 0.618. The Morgan fingerprint density at radius 3 is 2.69 bits per heavy atom. The van der Waals surface area contributed by atoms with Crippen molar-refractivity contribution < 1.29 is 4.74 Å². The van der Waals surface area contributed by atoms with E-state index in [-0.39, 0.29) is 0 Å². The van der Waals surface area contributed by atoms with Crippen molar-refractivity contribution in [3.05, 3.63) is 0 Å². The summed E-state index contributed by atoms with van der Waals surface area (Å²) in [6, 6.07) is 0.680. The number of methoxy groups -OCH3 is 1. The number of nitrogens with zero attached hydrogens (tertiary/aromatic N) is 1. The van der Waals surface area contributed by atoms with Gasteiger partial charge in [-0.3, -0.25) is 4.90 Å². The second-order valence-corrected chi connectivity index (χ2v) is 3.79. The van der Waals surface area contributed by atoms with Crippen LogP contribution in [0.25, 0.3) is 0 Å². The molecule has 1 aliphatic rings. The van der Waals surface area contributed by atoms with E-state index in [1.807, 2.05) is 0 Å². The summed E-state index contributed by atoms with van der Waals surface area (Å²) >= 11 is 0. The van der Waals surface area contributed by atoms with Crippen molar-refractivity contribution in [3.63, 3.8) is 0 Å². The van der Waals surface area contributed by atoms with Crippen LogP contribution in [-0.2, 0) is 4.74 Å². The first-order valence-electron chi connectivity index (χ1n) is 5.28. The Balaban J connectivity index is 1.99. The van der Waals surface area contributed by atoms with Gasteiger partial charge in [-0.05, 0) is 32.9 Å². The molecule has 1 heterocycles. The predicted octanol–water partition coefficient (Wildman–Crippen LogP) is 0.707. The highest BCUT2D eigenvalue weighted by atomic mass is 16.5. The molecule has 0 aliphatic carbocycles. The van der Waals surface area contributed by atoms with E-state index in [0.29, 0.717) is 6.04 Å². The first kappa shape index (κ1) is 11.0. The summed E-state index contributed by atoms with van der Waals surface area (Å²) in [5.74, 6) is 0. The summed E-state index contributed by atoms with van der Waals surface area (Å²) in [6.07, 6.45) is 2.75. The summed E-state index contributed by atoms with van der Waals surface area (Å²) in [7, 11) is 1.74. The van der Waals surface area contributed by atoms with Crippen LogP contribution in [0.5, 0.6) is 0 Å². The Labute approximate surface area is 81.4 Å². The fourth-order valence-corrected chi connectivity index (χ4v) is 1.80.